The number of rotatable bonds is 5. The number of hydrogen-bond donors (Lipinski definition) is 1. The molecule has 1 saturated carbocycles. The Labute approximate surface area is 194 Å². The van der Waals surface area contributed by atoms with E-state index >= 15 is 0 Å². The van der Waals surface area contributed by atoms with Gasteiger partial charge in [0.1, 0.15) is 0 Å². The van der Waals surface area contributed by atoms with Crippen molar-refractivity contribution in [1.82, 2.24) is 24.5 Å². The average Bonchev–Trinajstić information content (AvgIpc) is 3.56. The third-order valence-electron chi connectivity index (χ3n) is 7.00. The van der Waals surface area contributed by atoms with Crippen LogP contribution in [0.3, 0.4) is 0 Å². The Hall–Kier alpha value is -2.91. The van der Waals surface area contributed by atoms with Crippen LogP contribution >= 0.6 is 0 Å². The number of carboxylic acids is 1. The van der Waals surface area contributed by atoms with Gasteiger partial charge in [0.2, 0.25) is 0 Å². The summed E-state index contributed by atoms with van der Waals surface area (Å²) in [5.74, 6) is -1.13. The van der Waals surface area contributed by atoms with Crippen LogP contribution in [0.2, 0.25) is 0 Å². The molecule has 3 fully saturated rings. The second-order valence-corrected chi connectivity index (χ2v) is 9.38. The summed E-state index contributed by atoms with van der Waals surface area (Å²) in [4.78, 5) is 33.0. The maximum Gasteiger partial charge on any atom is 0.356 e. The number of hydrogen-bond acceptors (Lipinski definition) is 6. The highest BCUT2D eigenvalue weighted by Crippen LogP contribution is 2.30. The third kappa shape index (κ3) is 4.89. The van der Waals surface area contributed by atoms with Gasteiger partial charge in [-0.3, -0.25) is 9.80 Å². The SMILES string of the molecule is Cc1ccc(CN2CCN(C(=O)n3ccc(C(=O)O)n3)CC2)c(N2CCN(C3CC3)CC2)c1. The zero-order valence-corrected chi connectivity index (χ0v) is 19.2. The molecule has 1 aliphatic carbocycles. The molecule has 1 aromatic carbocycles. The van der Waals surface area contributed by atoms with E-state index in [2.05, 4.69) is 44.9 Å². The highest BCUT2D eigenvalue weighted by Gasteiger charge is 2.32. The summed E-state index contributed by atoms with van der Waals surface area (Å²) in [5, 5.41) is 12.9. The first kappa shape index (κ1) is 21.9. The first-order chi connectivity index (χ1) is 16.0. The van der Waals surface area contributed by atoms with E-state index in [4.69, 9.17) is 5.11 Å². The Bertz CT molecular complexity index is 1020. The van der Waals surface area contributed by atoms with Crippen LogP contribution in [0.5, 0.6) is 0 Å². The minimum absolute atomic E-state index is 0.119. The van der Waals surface area contributed by atoms with Gasteiger partial charge in [-0.1, -0.05) is 12.1 Å². The molecular weight excluding hydrogens is 420 g/mol. The highest BCUT2D eigenvalue weighted by atomic mass is 16.4. The Kier molecular flexibility index (Phi) is 6.07. The minimum atomic E-state index is -1.13. The largest absolute Gasteiger partial charge is 0.476 e. The van der Waals surface area contributed by atoms with E-state index in [1.807, 2.05) is 0 Å². The predicted octanol–water partition coefficient (Wildman–Crippen LogP) is 1.96. The Morgan fingerprint density at radius 1 is 1.00 bits per heavy atom. The van der Waals surface area contributed by atoms with Gasteiger partial charge in [0, 0.05) is 76.8 Å². The maximum atomic E-state index is 12.7. The summed E-state index contributed by atoms with van der Waals surface area (Å²) >= 11 is 0. The van der Waals surface area contributed by atoms with Gasteiger partial charge >= 0.3 is 12.0 Å². The number of carbonyl (C=O) groups is 2. The molecule has 1 N–H and O–H groups in total. The summed E-state index contributed by atoms with van der Waals surface area (Å²) in [6, 6.07) is 8.68. The summed E-state index contributed by atoms with van der Waals surface area (Å²) in [7, 11) is 0. The molecule has 3 heterocycles. The molecule has 0 radical (unpaired) electrons. The molecule has 2 aliphatic heterocycles. The average molecular weight is 453 g/mol. The molecule has 0 spiro atoms. The van der Waals surface area contributed by atoms with Crippen LogP contribution < -0.4 is 4.90 Å². The van der Waals surface area contributed by atoms with E-state index < -0.39 is 5.97 Å². The number of anilines is 1. The Morgan fingerprint density at radius 2 is 1.73 bits per heavy atom. The van der Waals surface area contributed by atoms with Gasteiger partial charge < -0.3 is 14.9 Å². The number of nitrogens with zero attached hydrogens (tertiary/aromatic N) is 6. The molecule has 33 heavy (non-hydrogen) atoms. The smallest absolute Gasteiger partial charge is 0.356 e. The lowest BCUT2D eigenvalue weighted by Crippen LogP contribution is -2.50. The van der Waals surface area contributed by atoms with E-state index in [1.165, 1.54) is 41.9 Å². The fraction of sp³-hybridized carbons (Fsp3) is 0.542. The number of carboxylic acid groups (broad SMARTS) is 1. The quantitative estimate of drug-likeness (QED) is 0.742. The van der Waals surface area contributed by atoms with Crippen molar-refractivity contribution in [2.45, 2.75) is 32.4 Å². The van der Waals surface area contributed by atoms with Crippen LogP contribution in [-0.2, 0) is 6.54 Å². The number of aromatic nitrogens is 2. The molecular formula is C24H32N6O3. The Balaban J connectivity index is 1.19. The van der Waals surface area contributed by atoms with Crippen molar-refractivity contribution in [3.8, 4) is 0 Å². The zero-order chi connectivity index (χ0) is 22.9. The van der Waals surface area contributed by atoms with Crippen molar-refractivity contribution in [1.29, 1.82) is 0 Å². The molecule has 2 saturated heterocycles. The number of carbonyl (C=O) groups excluding carboxylic acids is 1. The molecule has 0 bridgehead atoms. The topological polar surface area (TPSA) is 85.1 Å². The molecule has 1 amide bonds. The van der Waals surface area contributed by atoms with E-state index in [-0.39, 0.29) is 11.7 Å². The summed E-state index contributed by atoms with van der Waals surface area (Å²) in [6.45, 7) is 10.2. The van der Waals surface area contributed by atoms with Gasteiger partial charge in [0.05, 0.1) is 0 Å². The fourth-order valence-corrected chi connectivity index (χ4v) is 4.90. The van der Waals surface area contributed by atoms with Crippen LogP contribution in [0.4, 0.5) is 10.5 Å². The van der Waals surface area contributed by atoms with Crippen LogP contribution in [0.15, 0.2) is 30.5 Å². The molecule has 9 heteroatoms. The van der Waals surface area contributed by atoms with Gasteiger partial charge in [-0.15, -0.1) is 0 Å². The van der Waals surface area contributed by atoms with Crippen molar-refractivity contribution in [3.05, 3.63) is 47.3 Å². The van der Waals surface area contributed by atoms with Gasteiger partial charge in [-0.05, 0) is 43.0 Å². The van der Waals surface area contributed by atoms with Crippen molar-refractivity contribution >= 4 is 17.7 Å². The zero-order valence-electron chi connectivity index (χ0n) is 19.2. The van der Waals surface area contributed by atoms with E-state index in [0.29, 0.717) is 13.1 Å². The second kappa shape index (κ2) is 9.15. The van der Waals surface area contributed by atoms with Gasteiger partial charge in [-0.25, -0.2) is 9.59 Å². The number of piperazine rings is 2. The molecule has 5 rings (SSSR count). The highest BCUT2D eigenvalue weighted by molar-refractivity contribution is 5.86. The molecule has 2 aromatic rings. The number of amides is 1. The third-order valence-corrected chi connectivity index (χ3v) is 7.00. The molecule has 176 valence electrons. The van der Waals surface area contributed by atoms with E-state index in [0.717, 1.165) is 56.5 Å². The lowest BCUT2D eigenvalue weighted by molar-refractivity contribution is 0.0689. The summed E-state index contributed by atoms with van der Waals surface area (Å²) in [5.41, 5.74) is 3.86. The van der Waals surface area contributed by atoms with E-state index in [1.54, 1.807) is 4.90 Å². The molecule has 1 aromatic heterocycles. The van der Waals surface area contributed by atoms with Crippen molar-refractivity contribution in [2.24, 2.45) is 0 Å². The molecule has 0 unspecified atom stereocenters. The Morgan fingerprint density at radius 3 is 2.36 bits per heavy atom. The van der Waals surface area contributed by atoms with Gasteiger partial charge in [-0.2, -0.15) is 9.78 Å². The second-order valence-electron chi connectivity index (χ2n) is 9.38. The summed E-state index contributed by atoms with van der Waals surface area (Å²) < 4.78 is 1.12. The lowest BCUT2D eigenvalue weighted by atomic mass is 10.1. The number of benzene rings is 1. The van der Waals surface area contributed by atoms with Crippen molar-refractivity contribution < 1.29 is 14.7 Å². The minimum Gasteiger partial charge on any atom is -0.476 e. The maximum absolute atomic E-state index is 12.7. The molecule has 9 nitrogen and oxygen atoms in total. The predicted molar refractivity (Wildman–Crippen MR) is 125 cm³/mol. The van der Waals surface area contributed by atoms with Crippen LogP contribution in [-0.4, -0.2) is 100.0 Å². The monoisotopic (exact) mass is 452 g/mol. The van der Waals surface area contributed by atoms with Crippen LogP contribution in [0.25, 0.3) is 0 Å². The normalized spacial score (nSPS) is 20.3. The van der Waals surface area contributed by atoms with E-state index in [9.17, 15) is 9.59 Å². The molecule has 3 aliphatic rings. The molecule has 0 atom stereocenters. The summed E-state index contributed by atoms with van der Waals surface area (Å²) in [6.07, 6.45) is 4.15. The number of aryl methyl sites for hydroxylation is 1. The lowest BCUT2D eigenvalue weighted by Gasteiger charge is -2.38. The van der Waals surface area contributed by atoms with Gasteiger partial charge in [0.25, 0.3) is 0 Å². The van der Waals surface area contributed by atoms with Crippen LogP contribution in [0, 0.1) is 6.92 Å². The van der Waals surface area contributed by atoms with Gasteiger partial charge in [0.15, 0.2) is 5.69 Å². The number of aromatic carboxylic acids is 1. The van der Waals surface area contributed by atoms with Crippen LogP contribution in [0.1, 0.15) is 34.5 Å². The first-order valence-electron chi connectivity index (χ1n) is 11.9. The van der Waals surface area contributed by atoms with Crippen molar-refractivity contribution in [2.75, 3.05) is 57.3 Å². The standard InChI is InChI=1S/C24H32N6O3/c1-18-2-3-19(22(16-18)28-14-12-27(13-15-28)20-4-5-20)17-26-8-10-29(11-9-26)24(33)30-7-6-21(25-30)23(31)32/h2-3,6-7,16,20H,4-5,8-15,17H2,1H3,(H,31,32). The van der Waals surface area contributed by atoms with Crippen molar-refractivity contribution in [3.63, 3.8) is 0 Å². The fourth-order valence-electron chi connectivity index (χ4n) is 4.90. The first-order valence-corrected chi connectivity index (χ1v) is 11.9.